The topological polar surface area (TPSA) is 39.1 Å². The number of benzene rings is 1. The van der Waals surface area contributed by atoms with Gasteiger partial charge in [-0.25, -0.2) is 4.98 Å². The number of anilines is 1. The van der Waals surface area contributed by atoms with Gasteiger partial charge in [-0.15, -0.1) is 0 Å². The van der Waals surface area contributed by atoms with E-state index < -0.39 is 0 Å². The highest BCUT2D eigenvalue weighted by Gasteiger charge is 2.21. The Morgan fingerprint density at radius 3 is 3.21 bits per heavy atom. The zero-order valence-corrected chi connectivity index (χ0v) is 11.2. The van der Waals surface area contributed by atoms with Crippen molar-refractivity contribution in [3.05, 3.63) is 42.2 Å². The summed E-state index contributed by atoms with van der Waals surface area (Å²) in [6, 6.07) is 8.50. The number of aromatic nitrogens is 2. The van der Waals surface area contributed by atoms with Gasteiger partial charge in [0.2, 0.25) is 5.95 Å². The third-order valence-electron chi connectivity index (χ3n) is 3.44. The van der Waals surface area contributed by atoms with Crippen molar-refractivity contribution in [1.82, 2.24) is 9.55 Å². The Bertz CT molecular complexity index is 550. The standard InChI is InChI=1S/C15H19N3O/c1-2-9-18-10-8-16-15(18)17-13-7-11-19-14-6-4-3-5-12(13)14/h3-6,8,10,13H,2,7,9,11H2,1H3,(H,16,17). The summed E-state index contributed by atoms with van der Waals surface area (Å²) in [6.07, 6.45) is 5.95. The number of fused-ring (bicyclic) bond motifs is 1. The molecule has 1 aliphatic heterocycles. The molecule has 2 heterocycles. The summed E-state index contributed by atoms with van der Waals surface area (Å²) in [5.41, 5.74) is 1.22. The molecule has 0 saturated heterocycles. The van der Waals surface area contributed by atoms with E-state index >= 15 is 0 Å². The van der Waals surface area contributed by atoms with Crippen LogP contribution in [0, 0.1) is 0 Å². The summed E-state index contributed by atoms with van der Waals surface area (Å²) >= 11 is 0. The molecule has 0 aliphatic carbocycles. The molecule has 1 aromatic carbocycles. The minimum atomic E-state index is 0.281. The predicted octanol–water partition coefficient (Wildman–Crippen LogP) is 3.23. The van der Waals surface area contributed by atoms with Gasteiger partial charge in [0.15, 0.2) is 0 Å². The first-order chi connectivity index (χ1) is 9.38. The first kappa shape index (κ1) is 12.1. The fourth-order valence-corrected chi connectivity index (χ4v) is 2.52. The lowest BCUT2D eigenvalue weighted by Crippen LogP contribution is -2.22. The average molecular weight is 257 g/mol. The molecule has 0 bridgehead atoms. The maximum atomic E-state index is 5.68. The highest BCUT2D eigenvalue weighted by atomic mass is 16.5. The normalized spacial score (nSPS) is 17.6. The van der Waals surface area contributed by atoms with Crippen LogP contribution < -0.4 is 10.1 Å². The summed E-state index contributed by atoms with van der Waals surface area (Å²) in [6.45, 7) is 3.92. The van der Waals surface area contributed by atoms with Gasteiger partial charge in [0, 0.05) is 30.9 Å². The van der Waals surface area contributed by atoms with E-state index in [1.807, 2.05) is 24.5 Å². The van der Waals surface area contributed by atoms with Gasteiger partial charge in [0.1, 0.15) is 5.75 Å². The minimum absolute atomic E-state index is 0.281. The Morgan fingerprint density at radius 2 is 2.32 bits per heavy atom. The number of rotatable bonds is 4. The van der Waals surface area contributed by atoms with E-state index in [-0.39, 0.29) is 6.04 Å². The molecule has 1 aromatic heterocycles. The van der Waals surface area contributed by atoms with E-state index in [9.17, 15) is 0 Å². The third kappa shape index (κ3) is 2.43. The van der Waals surface area contributed by atoms with E-state index in [2.05, 4.69) is 33.9 Å². The van der Waals surface area contributed by atoms with E-state index in [0.29, 0.717) is 0 Å². The van der Waals surface area contributed by atoms with Crippen LogP contribution in [0.1, 0.15) is 31.4 Å². The van der Waals surface area contributed by atoms with Crippen LogP contribution in [-0.2, 0) is 6.54 Å². The van der Waals surface area contributed by atoms with Gasteiger partial charge < -0.3 is 14.6 Å². The SMILES string of the molecule is CCCn1ccnc1NC1CCOc2ccccc21. The molecular formula is C15H19N3O. The number of imidazole rings is 1. The zero-order chi connectivity index (χ0) is 13.1. The molecule has 2 aromatic rings. The Morgan fingerprint density at radius 1 is 1.42 bits per heavy atom. The second-order valence-corrected chi connectivity index (χ2v) is 4.82. The Hall–Kier alpha value is -1.97. The predicted molar refractivity (Wildman–Crippen MR) is 75.4 cm³/mol. The molecule has 1 N–H and O–H groups in total. The molecule has 0 radical (unpaired) electrons. The van der Waals surface area contributed by atoms with Gasteiger partial charge >= 0.3 is 0 Å². The third-order valence-corrected chi connectivity index (χ3v) is 3.44. The van der Waals surface area contributed by atoms with Crippen LogP contribution in [0.5, 0.6) is 5.75 Å². The van der Waals surface area contributed by atoms with Crippen LogP contribution in [0.4, 0.5) is 5.95 Å². The van der Waals surface area contributed by atoms with Gasteiger partial charge in [-0.2, -0.15) is 0 Å². The Balaban J connectivity index is 1.82. The highest BCUT2D eigenvalue weighted by Crippen LogP contribution is 2.33. The fourth-order valence-electron chi connectivity index (χ4n) is 2.52. The summed E-state index contributed by atoms with van der Waals surface area (Å²) < 4.78 is 7.85. The van der Waals surface area contributed by atoms with Gasteiger partial charge in [-0.05, 0) is 12.5 Å². The molecule has 4 heteroatoms. The van der Waals surface area contributed by atoms with Crippen LogP contribution in [0.2, 0.25) is 0 Å². The van der Waals surface area contributed by atoms with Crippen LogP contribution in [0.3, 0.4) is 0 Å². The van der Waals surface area contributed by atoms with Gasteiger partial charge in [-0.1, -0.05) is 25.1 Å². The second-order valence-electron chi connectivity index (χ2n) is 4.82. The summed E-state index contributed by atoms with van der Waals surface area (Å²) in [7, 11) is 0. The van der Waals surface area contributed by atoms with E-state index in [1.54, 1.807) is 0 Å². The lowest BCUT2D eigenvalue weighted by molar-refractivity contribution is 0.274. The molecule has 0 spiro atoms. The number of nitrogens with zero attached hydrogens (tertiary/aromatic N) is 2. The molecule has 0 saturated carbocycles. The number of aryl methyl sites for hydroxylation is 1. The lowest BCUT2D eigenvalue weighted by atomic mass is 10.0. The molecule has 1 unspecified atom stereocenters. The summed E-state index contributed by atoms with van der Waals surface area (Å²) in [5.74, 6) is 1.93. The first-order valence-electron chi connectivity index (χ1n) is 6.88. The van der Waals surface area contributed by atoms with Gasteiger partial charge in [0.05, 0.1) is 12.6 Å². The molecule has 0 fully saturated rings. The van der Waals surface area contributed by atoms with E-state index in [4.69, 9.17) is 4.74 Å². The van der Waals surface area contributed by atoms with Crippen molar-refractivity contribution in [1.29, 1.82) is 0 Å². The van der Waals surface area contributed by atoms with Crippen molar-refractivity contribution in [3.8, 4) is 5.75 Å². The van der Waals surface area contributed by atoms with Crippen molar-refractivity contribution in [3.63, 3.8) is 0 Å². The average Bonchev–Trinajstić information content (AvgIpc) is 2.87. The maximum Gasteiger partial charge on any atom is 0.203 e. The smallest absolute Gasteiger partial charge is 0.203 e. The van der Waals surface area contributed by atoms with Crippen molar-refractivity contribution in [2.24, 2.45) is 0 Å². The van der Waals surface area contributed by atoms with E-state index in [0.717, 1.165) is 37.7 Å². The summed E-state index contributed by atoms with van der Waals surface area (Å²) in [5, 5.41) is 3.54. The molecule has 100 valence electrons. The monoisotopic (exact) mass is 257 g/mol. The van der Waals surface area contributed by atoms with Crippen molar-refractivity contribution in [2.75, 3.05) is 11.9 Å². The largest absolute Gasteiger partial charge is 0.493 e. The van der Waals surface area contributed by atoms with Crippen molar-refractivity contribution < 1.29 is 4.74 Å². The second kappa shape index (κ2) is 5.34. The van der Waals surface area contributed by atoms with Gasteiger partial charge in [-0.3, -0.25) is 0 Å². The number of para-hydroxylation sites is 1. The molecule has 19 heavy (non-hydrogen) atoms. The zero-order valence-electron chi connectivity index (χ0n) is 11.2. The van der Waals surface area contributed by atoms with Crippen molar-refractivity contribution >= 4 is 5.95 Å². The molecule has 1 aliphatic rings. The number of ether oxygens (including phenoxy) is 1. The minimum Gasteiger partial charge on any atom is -0.493 e. The van der Waals surface area contributed by atoms with E-state index in [1.165, 1.54) is 5.56 Å². The molecule has 4 nitrogen and oxygen atoms in total. The molecule has 1 atom stereocenters. The van der Waals surface area contributed by atoms with Gasteiger partial charge in [0.25, 0.3) is 0 Å². The van der Waals surface area contributed by atoms with Crippen LogP contribution in [0.15, 0.2) is 36.7 Å². The molecule has 0 amide bonds. The highest BCUT2D eigenvalue weighted by molar-refractivity contribution is 5.42. The lowest BCUT2D eigenvalue weighted by Gasteiger charge is -2.27. The summed E-state index contributed by atoms with van der Waals surface area (Å²) in [4.78, 5) is 4.41. The Labute approximate surface area is 113 Å². The molecular weight excluding hydrogens is 238 g/mol. The van der Waals surface area contributed by atoms with Crippen molar-refractivity contribution in [2.45, 2.75) is 32.4 Å². The number of hydrogen-bond acceptors (Lipinski definition) is 3. The fraction of sp³-hybridized carbons (Fsp3) is 0.400. The number of nitrogens with one attached hydrogen (secondary N) is 1. The Kier molecular flexibility index (Phi) is 3.40. The van der Waals surface area contributed by atoms with Crippen LogP contribution in [0.25, 0.3) is 0 Å². The van der Waals surface area contributed by atoms with Crippen LogP contribution >= 0.6 is 0 Å². The first-order valence-corrected chi connectivity index (χ1v) is 6.88. The quantitative estimate of drug-likeness (QED) is 0.914. The van der Waals surface area contributed by atoms with Crippen LogP contribution in [-0.4, -0.2) is 16.2 Å². The molecule has 3 rings (SSSR count). The maximum absolute atomic E-state index is 5.68. The number of hydrogen-bond donors (Lipinski definition) is 1.